The first-order valence-corrected chi connectivity index (χ1v) is 5.72. The van der Waals surface area contributed by atoms with Crippen molar-refractivity contribution in [2.45, 2.75) is 6.54 Å². The molecule has 1 aromatic heterocycles. The second-order valence-corrected chi connectivity index (χ2v) is 4.06. The first-order valence-electron chi connectivity index (χ1n) is 5.72. The second kappa shape index (κ2) is 4.41. The average molecular weight is 240 g/mol. The van der Waals surface area contributed by atoms with Gasteiger partial charge < -0.3 is 9.73 Å². The molecular formula is C14H12N2O2. The van der Waals surface area contributed by atoms with Crippen LogP contribution in [0.5, 0.6) is 0 Å². The normalized spacial score (nSPS) is 10.7. The summed E-state index contributed by atoms with van der Waals surface area (Å²) in [6, 6.07) is 15.7. The summed E-state index contributed by atoms with van der Waals surface area (Å²) in [7, 11) is 0. The Labute approximate surface area is 103 Å². The third kappa shape index (κ3) is 2.13. The first kappa shape index (κ1) is 10.7. The highest BCUT2D eigenvalue weighted by atomic mass is 16.4. The van der Waals surface area contributed by atoms with Crippen LogP contribution in [0.2, 0.25) is 0 Å². The molecular weight excluding hydrogens is 228 g/mol. The van der Waals surface area contributed by atoms with Crippen molar-refractivity contribution in [2.75, 3.05) is 5.32 Å². The number of rotatable bonds is 3. The molecule has 0 saturated heterocycles. The molecule has 0 spiro atoms. The largest absolute Gasteiger partial charge is 0.417 e. The van der Waals surface area contributed by atoms with Crippen LogP contribution in [0.15, 0.2) is 57.7 Å². The maximum Gasteiger partial charge on any atom is 0.417 e. The van der Waals surface area contributed by atoms with Gasteiger partial charge in [-0.3, -0.25) is 4.98 Å². The van der Waals surface area contributed by atoms with E-state index in [1.54, 1.807) is 0 Å². The highest BCUT2D eigenvalue weighted by Crippen LogP contribution is 2.16. The van der Waals surface area contributed by atoms with Gasteiger partial charge in [0.15, 0.2) is 5.58 Å². The molecule has 0 aliphatic rings. The molecule has 3 rings (SSSR count). The number of nitrogens with one attached hydrogen (secondary N) is 2. The van der Waals surface area contributed by atoms with E-state index in [-0.39, 0.29) is 0 Å². The zero-order valence-corrected chi connectivity index (χ0v) is 9.64. The van der Waals surface area contributed by atoms with Gasteiger partial charge in [-0.05, 0) is 17.7 Å². The minimum atomic E-state index is -0.426. The summed E-state index contributed by atoms with van der Waals surface area (Å²) in [4.78, 5) is 13.6. The Morgan fingerprint density at radius 3 is 2.78 bits per heavy atom. The predicted molar refractivity (Wildman–Crippen MR) is 70.6 cm³/mol. The predicted octanol–water partition coefficient (Wildman–Crippen LogP) is 2.73. The molecule has 0 radical (unpaired) electrons. The van der Waals surface area contributed by atoms with Crippen molar-refractivity contribution in [3.05, 3.63) is 64.6 Å². The molecule has 0 atom stereocenters. The van der Waals surface area contributed by atoms with E-state index in [0.717, 1.165) is 12.2 Å². The molecule has 1 heterocycles. The molecule has 0 saturated carbocycles. The van der Waals surface area contributed by atoms with Gasteiger partial charge in [0.1, 0.15) is 0 Å². The van der Waals surface area contributed by atoms with E-state index in [9.17, 15) is 4.79 Å². The molecule has 0 aliphatic heterocycles. The molecule has 0 bridgehead atoms. The summed E-state index contributed by atoms with van der Waals surface area (Å²) in [5.74, 6) is -0.426. The molecule has 0 fully saturated rings. The number of aromatic amines is 1. The van der Waals surface area contributed by atoms with Crippen LogP contribution in [0.25, 0.3) is 11.1 Å². The average Bonchev–Trinajstić information content (AvgIpc) is 2.77. The fraction of sp³-hybridized carbons (Fsp3) is 0.0714. The Morgan fingerprint density at radius 2 is 1.94 bits per heavy atom. The molecule has 2 N–H and O–H groups in total. The van der Waals surface area contributed by atoms with Crippen molar-refractivity contribution in [1.82, 2.24) is 4.98 Å². The van der Waals surface area contributed by atoms with Crippen LogP contribution in [0.1, 0.15) is 5.56 Å². The SMILES string of the molecule is O=c1[nH]c2ccc(NCc3ccccc3)cc2o1. The van der Waals surface area contributed by atoms with Gasteiger partial charge >= 0.3 is 5.76 Å². The lowest BCUT2D eigenvalue weighted by atomic mass is 10.2. The maximum atomic E-state index is 11.0. The van der Waals surface area contributed by atoms with E-state index in [0.29, 0.717) is 11.1 Å². The van der Waals surface area contributed by atoms with Crippen molar-refractivity contribution in [2.24, 2.45) is 0 Å². The van der Waals surface area contributed by atoms with E-state index < -0.39 is 5.76 Å². The Morgan fingerprint density at radius 1 is 1.11 bits per heavy atom. The highest BCUT2D eigenvalue weighted by molar-refractivity contribution is 5.76. The number of fused-ring (bicyclic) bond motifs is 1. The number of aromatic nitrogens is 1. The number of benzene rings is 2. The maximum absolute atomic E-state index is 11.0. The van der Waals surface area contributed by atoms with E-state index in [1.807, 2.05) is 36.4 Å². The fourth-order valence-corrected chi connectivity index (χ4v) is 1.86. The zero-order valence-electron chi connectivity index (χ0n) is 9.64. The molecule has 4 nitrogen and oxygen atoms in total. The van der Waals surface area contributed by atoms with Crippen LogP contribution in [0.4, 0.5) is 5.69 Å². The van der Waals surface area contributed by atoms with Crippen molar-refractivity contribution in [3.63, 3.8) is 0 Å². The molecule has 0 unspecified atom stereocenters. The zero-order chi connectivity index (χ0) is 12.4. The van der Waals surface area contributed by atoms with E-state index in [1.165, 1.54) is 5.56 Å². The smallest absolute Gasteiger partial charge is 0.408 e. The summed E-state index contributed by atoms with van der Waals surface area (Å²) in [6.45, 7) is 0.737. The van der Waals surface area contributed by atoms with Gasteiger partial charge in [0.25, 0.3) is 0 Å². The second-order valence-electron chi connectivity index (χ2n) is 4.06. The lowest BCUT2D eigenvalue weighted by Gasteiger charge is -2.05. The third-order valence-electron chi connectivity index (χ3n) is 2.76. The van der Waals surface area contributed by atoms with E-state index in [4.69, 9.17) is 4.42 Å². The summed E-state index contributed by atoms with van der Waals surface area (Å²) >= 11 is 0. The quantitative estimate of drug-likeness (QED) is 0.740. The van der Waals surface area contributed by atoms with Gasteiger partial charge in [-0.25, -0.2) is 4.79 Å². The van der Waals surface area contributed by atoms with Crippen molar-refractivity contribution < 1.29 is 4.42 Å². The van der Waals surface area contributed by atoms with Gasteiger partial charge in [0.2, 0.25) is 0 Å². The summed E-state index contributed by atoms with van der Waals surface area (Å²) in [6.07, 6.45) is 0. The standard InChI is InChI=1S/C14H12N2O2/c17-14-16-12-7-6-11(8-13(12)18-14)15-9-10-4-2-1-3-5-10/h1-8,15H,9H2,(H,16,17). The lowest BCUT2D eigenvalue weighted by molar-refractivity contribution is 0.555. The van der Waals surface area contributed by atoms with Crippen LogP contribution < -0.4 is 11.1 Å². The summed E-state index contributed by atoms with van der Waals surface area (Å²) in [5, 5.41) is 3.29. The van der Waals surface area contributed by atoms with E-state index in [2.05, 4.69) is 22.4 Å². The minimum Gasteiger partial charge on any atom is -0.408 e. The van der Waals surface area contributed by atoms with Gasteiger partial charge in [-0.15, -0.1) is 0 Å². The van der Waals surface area contributed by atoms with Gasteiger partial charge in [-0.1, -0.05) is 30.3 Å². The van der Waals surface area contributed by atoms with Crippen LogP contribution in [0, 0.1) is 0 Å². The number of hydrogen-bond acceptors (Lipinski definition) is 3. The van der Waals surface area contributed by atoms with Crippen LogP contribution in [-0.2, 0) is 6.54 Å². The highest BCUT2D eigenvalue weighted by Gasteiger charge is 2.01. The minimum absolute atomic E-state index is 0.426. The van der Waals surface area contributed by atoms with Crippen LogP contribution in [0.3, 0.4) is 0 Å². The molecule has 0 aliphatic carbocycles. The number of H-pyrrole nitrogens is 1. The molecule has 90 valence electrons. The molecule has 18 heavy (non-hydrogen) atoms. The summed E-state index contributed by atoms with van der Waals surface area (Å²) in [5.41, 5.74) is 3.41. The third-order valence-corrected chi connectivity index (χ3v) is 2.76. The molecule has 4 heteroatoms. The monoisotopic (exact) mass is 240 g/mol. The van der Waals surface area contributed by atoms with Crippen molar-refractivity contribution >= 4 is 16.8 Å². The Kier molecular flexibility index (Phi) is 2.61. The first-order chi connectivity index (χ1) is 8.81. The Hall–Kier alpha value is -2.49. The van der Waals surface area contributed by atoms with Crippen molar-refractivity contribution in [1.29, 1.82) is 0 Å². The Bertz CT molecular complexity index is 713. The lowest BCUT2D eigenvalue weighted by Crippen LogP contribution is -1.98. The van der Waals surface area contributed by atoms with Crippen molar-refractivity contribution in [3.8, 4) is 0 Å². The van der Waals surface area contributed by atoms with Gasteiger partial charge in [0, 0.05) is 18.3 Å². The number of anilines is 1. The number of oxazole rings is 1. The van der Waals surface area contributed by atoms with Gasteiger partial charge in [0.05, 0.1) is 5.52 Å². The molecule has 0 amide bonds. The molecule has 2 aromatic carbocycles. The Balaban J connectivity index is 1.80. The van der Waals surface area contributed by atoms with Crippen LogP contribution in [-0.4, -0.2) is 4.98 Å². The topological polar surface area (TPSA) is 58.0 Å². The fourth-order valence-electron chi connectivity index (χ4n) is 1.86. The van der Waals surface area contributed by atoms with Gasteiger partial charge in [-0.2, -0.15) is 0 Å². The van der Waals surface area contributed by atoms with E-state index >= 15 is 0 Å². The number of hydrogen-bond donors (Lipinski definition) is 2. The molecule has 3 aromatic rings. The summed E-state index contributed by atoms with van der Waals surface area (Å²) < 4.78 is 5.01. The van der Waals surface area contributed by atoms with Crippen LogP contribution >= 0.6 is 0 Å².